The Morgan fingerprint density at radius 3 is 2.68 bits per heavy atom. The van der Waals surface area contributed by atoms with Crippen molar-refractivity contribution in [2.75, 3.05) is 6.54 Å². The molecule has 0 radical (unpaired) electrons. The Bertz CT molecular complexity index is 1140. The fraction of sp³-hybridized carbons (Fsp3) is 0.333. The van der Waals surface area contributed by atoms with Crippen LogP contribution in [0.25, 0.3) is 5.69 Å². The monoisotopic (exact) mass is 430 g/mol. The second-order valence-electron chi connectivity index (χ2n) is 7.67. The average molecular weight is 430 g/mol. The molecule has 162 valence electrons. The molecule has 4 rings (SSSR count). The molecule has 0 saturated carbocycles. The fourth-order valence-corrected chi connectivity index (χ4v) is 3.69. The Morgan fingerprint density at radius 2 is 2.03 bits per heavy atom. The Hall–Kier alpha value is -3.27. The van der Waals surface area contributed by atoms with E-state index >= 15 is 0 Å². The van der Waals surface area contributed by atoms with Gasteiger partial charge in [0.15, 0.2) is 0 Å². The average Bonchev–Trinajstić information content (AvgIpc) is 3.04. The predicted molar refractivity (Wildman–Crippen MR) is 106 cm³/mol. The third-order valence-corrected chi connectivity index (χ3v) is 5.40. The molecule has 3 aromatic rings. The zero-order valence-electron chi connectivity index (χ0n) is 17.1. The number of hydrogen-bond acceptors (Lipinski definition) is 5. The van der Waals surface area contributed by atoms with Crippen molar-refractivity contribution >= 4 is 5.91 Å². The molecule has 0 spiro atoms. The van der Waals surface area contributed by atoms with Crippen molar-refractivity contribution in [1.82, 2.24) is 24.6 Å². The van der Waals surface area contributed by atoms with Crippen LogP contribution in [0.4, 0.5) is 13.2 Å². The van der Waals surface area contributed by atoms with Crippen LogP contribution in [-0.4, -0.2) is 37.1 Å². The summed E-state index contributed by atoms with van der Waals surface area (Å²) in [6, 6.07) is 4.27. The van der Waals surface area contributed by atoms with Crippen LogP contribution in [0.3, 0.4) is 0 Å². The highest BCUT2D eigenvalue weighted by atomic mass is 19.4. The minimum absolute atomic E-state index is 0.129. The van der Waals surface area contributed by atoms with Crippen LogP contribution < -0.4 is 5.73 Å². The van der Waals surface area contributed by atoms with Crippen molar-refractivity contribution in [2.45, 2.75) is 39.5 Å². The predicted octanol–water partition coefficient (Wildman–Crippen LogP) is 2.96. The number of carbonyl (C=O) groups excluding carboxylic acids is 1. The molecule has 0 saturated heterocycles. The van der Waals surface area contributed by atoms with Gasteiger partial charge in [-0.1, -0.05) is 0 Å². The molecule has 3 aromatic heterocycles. The Balaban J connectivity index is 1.65. The summed E-state index contributed by atoms with van der Waals surface area (Å²) in [6.07, 6.45) is -0.818. The number of pyridine rings is 2. The van der Waals surface area contributed by atoms with Gasteiger partial charge in [0.2, 0.25) is 0 Å². The van der Waals surface area contributed by atoms with Crippen molar-refractivity contribution in [1.29, 1.82) is 0 Å². The first-order valence-electron chi connectivity index (χ1n) is 9.72. The highest BCUT2D eigenvalue weighted by Gasteiger charge is 2.32. The van der Waals surface area contributed by atoms with Crippen LogP contribution in [0.5, 0.6) is 0 Å². The summed E-state index contributed by atoms with van der Waals surface area (Å²) in [6.45, 7) is 5.17. The molecule has 31 heavy (non-hydrogen) atoms. The first-order valence-corrected chi connectivity index (χ1v) is 9.72. The molecule has 10 heteroatoms. The quantitative estimate of drug-likeness (QED) is 0.687. The van der Waals surface area contributed by atoms with E-state index in [1.807, 2.05) is 24.9 Å². The number of amides is 1. The van der Waals surface area contributed by atoms with E-state index in [2.05, 4.69) is 15.1 Å². The highest BCUT2D eigenvalue weighted by molar-refractivity contribution is 5.91. The highest BCUT2D eigenvalue weighted by Crippen LogP contribution is 2.29. The van der Waals surface area contributed by atoms with Crippen LogP contribution in [0, 0.1) is 13.8 Å². The maximum atomic E-state index is 13.0. The van der Waals surface area contributed by atoms with E-state index in [4.69, 9.17) is 5.73 Å². The van der Waals surface area contributed by atoms with Gasteiger partial charge in [-0.2, -0.15) is 18.3 Å². The van der Waals surface area contributed by atoms with Gasteiger partial charge in [-0.15, -0.1) is 0 Å². The van der Waals surface area contributed by atoms with Gasteiger partial charge >= 0.3 is 6.18 Å². The van der Waals surface area contributed by atoms with E-state index in [9.17, 15) is 18.0 Å². The molecule has 0 aliphatic carbocycles. The molecule has 0 bridgehead atoms. The second-order valence-corrected chi connectivity index (χ2v) is 7.67. The third kappa shape index (κ3) is 4.29. The lowest BCUT2D eigenvalue weighted by Gasteiger charge is -2.29. The Labute approximate surface area is 176 Å². The normalized spacial score (nSPS) is 14.5. The van der Waals surface area contributed by atoms with Crippen molar-refractivity contribution in [3.8, 4) is 5.69 Å². The molecular formula is C21H21F3N6O. The lowest BCUT2D eigenvalue weighted by atomic mass is 10.0. The van der Waals surface area contributed by atoms with Gasteiger partial charge in [0.1, 0.15) is 11.4 Å². The number of alkyl halides is 3. The van der Waals surface area contributed by atoms with Crippen LogP contribution in [0.1, 0.15) is 44.3 Å². The van der Waals surface area contributed by atoms with Crippen LogP contribution >= 0.6 is 0 Å². The molecule has 7 nitrogen and oxygen atoms in total. The zero-order chi connectivity index (χ0) is 22.3. The topological polar surface area (TPSA) is 89.9 Å². The van der Waals surface area contributed by atoms with Crippen LogP contribution in [-0.2, 0) is 25.7 Å². The van der Waals surface area contributed by atoms with Gasteiger partial charge in [-0.3, -0.25) is 14.7 Å². The number of aromatic nitrogens is 4. The first kappa shape index (κ1) is 21.0. The molecule has 2 N–H and O–H groups in total. The standard InChI is InChI=1S/C21H21F3N6O/c1-12-9-30(28-13(12)2)18-8-16(20(25)31)27-17-11-29(6-4-15(17)18)10-14-3-5-26-19(7-14)21(22,23)24/h3,5,7-9H,4,6,10-11H2,1-2H3,(H2,25,31). The number of hydrogen-bond donors (Lipinski definition) is 1. The largest absolute Gasteiger partial charge is 0.433 e. The number of nitrogens with two attached hydrogens (primary N) is 1. The van der Waals surface area contributed by atoms with Crippen molar-refractivity contribution in [3.05, 3.63) is 70.1 Å². The smallest absolute Gasteiger partial charge is 0.364 e. The summed E-state index contributed by atoms with van der Waals surface area (Å²) in [4.78, 5) is 21.7. The maximum absolute atomic E-state index is 13.0. The first-order chi connectivity index (χ1) is 14.6. The molecule has 0 atom stereocenters. The number of carbonyl (C=O) groups is 1. The SMILES string of the molecule is Cc1cn(-c2cc(C(N)=O)nc3c2CCN(Cc2ccnc(C(F)(F)F)c2)C3)nc1C. The molecule has 0 unspecified atom stereocenters. The molecule has 1 aliphatic rings. The van der Waals surface area contributed by atoms with E-state index in [-0.39, 0.29) is 5.69 Å². The minimum atomic E-state index is -4.49. The summed E-state index contributed by atoms with van der Waals surface area (Å²) in [7, 11) is 0. The van der Waals surface area contributed by atoms with Crippen LogP contribution in [0.2, 0.25) is 0 Å². The van der Waals surface area contributed by atoms with E-state index < -0.39 is 17.8 Å². The van der Waals surface area contributed by atoms with Gasteiger partial charge in [0.25, 0.3) is 5.91 Å². The lowest BCUT2D eigenvalue weighted by molar-refractivity contribution is -0.141. The lowest BCUT2D eigenvalue weighted by Crippen LogP contribution is -2.32. The van der Waals surface area contributed by atoms with Crippen LogP contribution in [0.15, 0.2) is 30.6 Å². The molecule has 0 aromatic carbocycles. The van der Waals surface area contributed by atoms with E-state index in [0.717, 1.165) is 28.6 Å². The number of rotatable bonds is 4. The van der Waals surface area contributed by atoms with Crippen molar-refractivity contribution < 1.29 is 18.0 Å². The molecule has 1 aliphatic heterocycles. The van der Waals surface area contributed by atoms with Crippen molar-refractivity contribution in [2.24, 2.45) is 5.73 Å². The van der Waals surface area contributed by atoms with Crippen molar-refractivity contribution in [3.63, 3.8) is 0 Å². The summed E-state index contributed by atoms with van der Waals surface area (Å²) in [5.41, 5.74) is 9.48. The number of fused-ring (bicyclic) bond motifs is 1. The van der Waals surface area contributed by atoms with Gasteiger partial charge in [0.05, 0.1) is 17.1 Å². The molecular weight excluding hydrogens is 409 g/mol. The number of nitrogens with zero attached hydrogens (tertiary/aromatic N) is 5. The number of primary amides is 1. The van der Waals surface area contributed by atoms with E-state index in [1.54, 1.807) is 16.8 Å². The third-order valence-electron chi connectivity index (χ3n) is 5.40. The van der Waals surface area contributed by atoms with Gasteiger partial charge in [0, 0.05) is 37.6 Å². The summed E-state index contributed by atoms with van der Waals surface area (Å²) in [5.74, 6) is -0.647. The Morgan fingerprint density at radius 1 is 1.26 bits per heavy atom. The molecule has 4 heterocycles. The fourth-order valence-electron chi connectivity index (χ4n) is 3.69. The molecule has 1 amide bonds. The Kier molecular flexibility index (Phi) is 5.26. The van der Waals surface area contributed by atoms with E-state index in [0.29, 0.717) is 37.3 Å². The summed E-state index contributed by atoms with van der Waals surface area (Å²) >= 11 is 0. The summed E-state index contributed by atoms with van der Waals surface area (Å²) in [5, 5.41) is 4.52. The number of halogens is 3. The molecule has 0 fully saturated rings. The van der Waals surface area contributed by atoms with Gasteiger partial charge in [-0.05, 0) is 49.6 Å². The summed E-state index contributed by atoms with van der Waals surface area (Å²) < 4.78 is 40.6. The maximum Gasteiger partial charge on any atom is 0.433 e. The second kappa shape index (κ2) is 7.77. The van der Waals surface area contributed by atoms with Gasteiger partial charge in [-0.25, -0.2) is 9.67 Å². The minimum Gasteiger partial charge on any atom is -0.364 e. The number of aryl methyl sites for hydroxylation is 2. The van der Waals surface area contributed by atoms with Gasteiger partial charge < -0.3 is 5.73 Å². The van der Waals surface area contributed by atoms with E-state index in [1.165, 1.54) is 6.20 Å². The zero-order valence-corrected chi connectivity index (χ0v) is 17.1.